The number of fused-ring (bicyclic) bond motifs is 28. The van der Waals surface area contributed by atoms with Gasteiger partial charge in [-0.3, -0.25) is 27.3 Å². The summed E-state index contributed by atoms with van der Waals surface area (Å²) >= 11 is -12.8. The van der Waals surface area contributed by atoms with Crippen molar-refractivity contribution < 1.29 is 506 Å². The summed E-state index contributed by atoms with van der Waals surface area (Å²) < 4.78 is 160. The summed E-state index contributed by atoms with van der Waals surface area (Å²) in [4.78, 5) is 0. The van der Waals surface area contributed by atoms with Gasteiger partial charge in [0.1, 0.15) is 0 Å². The Morgan fingerprint density at radius 3 is 0.846 bits per heavy atom. The molecule has 7 aliphatic rings. The molecule has 8 N–H and O–H groups in total. The van der Waals surface area contributed by atoms with Gasteiger partial charge in [0.05, 0.1) is 0 Å². The van der Waals surface area contributed by atoms with Crippen LogP contribution >= 0.6 is 0 Å². The largest absolute Gasteiger partial charge is 0.715 e. The van der Waals surface area contributed by atoms with Gasteiger partial charge in [0.2, 0.25) is 67.6 Å². The number of hydrogen-bond donors (Lipinski definition) is 6. The third-order valence-corrected chi connectivity index (χ3v) is 40.4. The molecule has 4 heterocycles. The van der Waals surface area contributed by atoms with E-state index in [9.17, 15) is 52.6 Å². The summed E-state index contributed by atoms with van der Waals surface area (Å²) in [6.45, 7) is 22.2. The number of aryl methyl sites for hydroxylation is 6. The molecule has 1 saturated carbocycles. The Labute approximate surface area is 1240 Å². The maximum absolute atomic E-state index is 12.9. The Hall–Kier alpha value is 9.78. The van der Waals surface area contributed by atoms with Gasteiger partial charge in [-0.05, 0) is 230 Å². The van der Waals surface area contributed by atoms with E-state index in [4.69, 9.17) is 11.5 Å². The molecule has 19 rings (SSSR count). The molecule has 18 radical (unpaired) electrons. The van der Waals surface area contributed by atoms with Crippen LogP contribution in [0.1, 0.15) is 144 Å². The Kier molecular flexibility index (Phi) is 77.7. The predicted molar refractivity (Wildman–Crippen MR) is 536 cm³/mol. The first-order chi connectivity index (χ1) is 60.5. The standard InChI is InChI=1S/C28H18N2O4S2.C22H26N2O4S2.C22H18N2O4S2.C10H20N2.C5H11N2.C4H9N2.6Al.6W.10Y/c31-35(32)29-27-23-15-7-3-11-19(23)17-9-1-5-13-21(17)25(27)26-22-14-6-2-10-18(22)20-12-4-8-16-24(20)28(26)30-36(33)34;2*1-13-11-15-7-3-5-9-17(15)19(21(13)23-29(25)26)20-18-10-6-4-8-16(18)12-14(2)22(20)24-30(27)28;1-9(11-3)7-5-6-8-10(9,2)12-4;1-4(6)5(2,3)7;1-3(5)4(2)6;;;;;;;;;;;;;;;;;;;;;;/h1-16H,(H,31,32)(H,33,34);11-12H,3-10H2,1-2H3,(H,25,26)(H,27,28);3-12H,1-2H3,(H,25,26)(H,27,28);5-8H2,1-4H3;4,6H,1-3H3;3-5H,1-2H3;;;;;;;;;;;;;;;;;;;;;;/q6*-2;;;4*+2;;;;;;;;;;;;;;;;/t;;;9-,10-;4-;3-,4-;;;;;;;;;;;;;;;;;;;;;;/m...111....................../s1. The van der Waals surface area contributed by atoms with Crippen LogP contribution in [-0.4, -0.2) is 205 Å². The van der Waals surface area contributed by atoms with E-state index in [1.54, 1.807) is 0 Å². The Bertz CT molecular complexity index is 6140. The first kappa shape index (κ1) is 157. The Balaban J connectivity index is -0.00000173. The van der Waals surface area contributed by atoms with Crippen LogP contribution in [0, 0.1) is 27.7 Å². The zero-order valence-corrected chi connectivity index (χ0v) is 139. The number of benzene rings is 12. The number of anilines is 6. The molecule has 6 unspecified atom stereocenters. The van der Waals surface area contributed by atoms with E-state index >= 15 is 0 Å². The molecule has 1 saturated heterocycles. The average Bonchev–Trinajstić information content (AvgIpc) is 1.63. The van der Waals surface area contributed by atoms with Crippen molar-refractivity contribution in [2.24, 2.45) is 0 Å². The minimum absolute atomic E-state index is 0. The molecule has 4 aliphatic heterocycles. The van der Waals surface area contributed by atoms with Gasteiger partial charge in [-0.2, -0.15) is 23.7 Å². The van der Waals surface area contributed by atoms with Crippen molar-refractivity contribution in [3.8, 4) is 33.4 Å². The summed E-state index contributed by atoms with van der Waals surface area (Å²) in [7, 11) is 4.62. The van der Waals surface area contributed by atoms with Gasteiger partial charge in [0.15, 0.2) is 0 Å². The van der Waals surface area contributed by atoms with Crippen molar-refractivity contribution in [1.82, 2.24) is 7.77 Å². The minimum atomic E-state index is -2.43. The van der Waals surface area contributed by atoms with Crippen LogP contribution < -0.4 is 19.7 Å². The predicted octanol–water partition coefficient (Wildman–Crippen LogP) is 19.7. The fourth-order valence-corrected chi connectivity index (χ4v) is 31.0. The number of nitrogens with one attached hydrogen (secondary N) is 2. The smallest absolute Gasteiger partial charge is 0.585 e. The summed E-state index contributed by atoms with van der Waals surface area (Å²) in [5.74, 6) is 0. The van der Waals surface area contributed by atoms with Crippen LogP contribution in [0.3, 0.4) is 0 Å². The number of likely N-dealkylation sites (N-methyl/N-ethyl adjacent to an activating group) is 2. The summed E-state index contributed by atoms with van der Waals surface area (Å²) in [6, 6.07) is 55.8. The summed E-state index contributed by atoms with van der Waals surface area (Å²) in [6.07, 6.45) is 14.0. The maximum Gasteiger partial charge on any atom is 0.585 e. The Morgan fingerprint density at radius 1 is 0.350 bits per heavy atom. The van der Waals surface area contributed by atoms with Crippen molar-refractivity contribution in [2.45, 2.75) is 188 Å². The second-order valence-electron chi connectivity index (χ2n) is 34.4. The average molecular weight is 3900 g/mol. The van der Waals surface area contributed by atoms with Gasteiger partial charge in [-0.25, -0.2) is 25.3 Å². The van der Waals surface area contributed by atoms with Crippen molar-refractivity contribution >= 4 is 262 Å². The molecule has 0 bridgehead atoms. The van der Waals surface area contributed by atoms with Crippen molar-refractivity contribution in [2.75, 3.05) is 33.8 Å². The summed E-state index contributed by atoms with van der Waals surface area (Å²) in [5, 5.41) is 11.3. The Morgan fingerprint density at radius 2 is 0.587 bits per heavy atom. The molecule has 11 atom stereocenters. The monoisotopic (exact) mass is 3900 g/mol. The molecular formula is C91H102Al6N12O12S6W6Y10-4. The van der Waals surface area contributed by atoms with E-state index in [0.29, 0.717) is 49.5 Å². The van der Waals surface area contributed by atoms with Gasteiger partial charge in [0.25, 0.3) is 0 Å². The quantitative estimate of drug-likeness (QED) is 0.0421. The van der Waals surface area contributed by atoms with Crippen LogP contribution in [0.25, 0.3) is 118 Å². The zero-order valence-electron chi connectivity index (χ0n) is 81.6. The van der Waals surface area contributed by atoms with Gasteiger partial charge in [-0.15, -0.1) is 33.0 Å². The molecule has 3 aliphatic carbocycles. The molecule has 0 amide bonds. The number of nitrogens with zero attached hydrogens (tertiary/aromatic N) is 10. The van der Waals surface area contributed by atoms with Crippen LogP contribution in [0.5, 0.6) is 0 Å². The van der Waals surface area contributed by atoms with Crippen LogP contribution in [-0.2, 0) is 547 Å². The first-order valence-electron chi connectivity index (χ1n) is 42.3. The molecule has 0 spiro atoms. The number of rotatable bonds is 10. The fourth-order valence-electron chi connectivity index (χ4n) is 19.1. The van der Waals surface area contributed by atoms with E-state index in [2.05, 4.69) is 102 Å². The molecule has 12 aromatic carbocycles. The molecule has 12 aromatic rings. The topological polar surface area (TPSA) is 326 Å². The van der Waals surface area contributed by atoms with Gasteiger partial charge in [0, 0.05) is 543 Å². The van der Waals surface area contributed by atoms with Gasteiger partial charge >= 0.3 is 62.6 Å². The minimum Gasteiger partial charge on any atom is -0.715 e. The number of hydrogen-bond acceptors (Lipinski definition) is 8. The van der Waals surface area contributed by atoms with E-state index in [0.717, 1.165) is 183 Å². The second kappa shape index (κ2) is 70.8. The zero-order chi connectivity index (χ0) is 91.3. The second-order valence-corrected chi connectivity index (χ2v) is 47.9. The van der Waals surface area contributed by atoms with E-state index in [1.807, 2.05) is 208 Å². The van der Waals surface area contributed by atoms with Gasteiger partial charge < -0.3 is 47.6 Å². The molecule has 143 heavy (non-hydrogen) atoms. The third-order valence-electron chi connectivity index (χ3n) is 26.6. The molecular weight excluding hydrogens is 3800 g/mol. The van der Waals surface area contributed by atoms with Crippen molar-refractivity contribution in [3.63, 3.8) is 0 Å². The van der Waals surface area contributed by atoms with Crippen molar-refractivity contribution in [1.29, 1.82) is 0 Å². The normalized spacial score (nSPS) is 17.5. The van der Waals surface area contributed by atoms with Gasteiger partial charge in [-0.1, -0.05) is 205 Å². The van der Waals surface area contributed by atoms with Crippen LogP contribution in [0.4, 0.5) is 34.1 Å². The molecule has 2 fully saturated rings. The van der Waals surface area contributed by atoms with Crippen LogP contribution in [0.2, 0.25) is 0 Å². The van der Waals surface area contributed by atoms with Crippen molar-refractivity contribution in [3.05, 3.63) is 234 Å². The fraction of sp³-hybridized carbons (Fsp3) is 0.341. The summed E-state index contributed by atoms with van der Waals surface area (Å²) in [5.41, 5.74) is 33.1. The first-order valence-corrected chi connectivity index (χ1v) is 53.8. The van der Waals surface area contributed by atoms with Crippen LogP contribution in [0.15, 0.2) is 170 Å². The van der Waals surface area contributed by atoms with E-state index in [1.165, 1.54) is 67.7 Å². The molecule has 24 nitrogen and oxygen atoms in total. The maximum atomic E-state index is 12.9. The SMILES string of the molecule is C[C@@H]([NH-])C(C)(C)[N-][Al].C[C@@H]([NH-])[C@@H](C)[N-][Al].C[N]1[Al][N](C)[C@]2(C)CCCC[C@@]12C.Cc1cc2c(c3c1[N](S(=O)O)[Al][N](S(=O)O)c1c(C)cc4c(c1-3)CCCC4)CCCC2.Cc1cc2ccccc2c2c1[N](S(=O)O)[Al][N](S(=O)O)c1c(C)cc3ccccc3c1-2.O=S(O)[N]1[Al][N](S(=O)O)c2c(c3ccccc3c3ccccc23)-c2c1c1ccccc1c1ccccc21.[W].[W].[W].[W].[W].[W].[Y].[Y].[Y].[Y].[Y].[Y].[Y].[Y].[Y].[Y]. The van der Waals surface area contributed by atoms with E-state index < -0.39 is 115 Å². The molecule has 52 heteroatoms. The van der Waals surface area contributed by atoms with E-state index in [-0.39, 0.29) is 477 Å². The third kappa shape index (κ3) is 34.4. The molecule has 722 valence electrons. The molecule has 0 aromatic heterocycles.